The Kier molecular flexibility index (Phi) is 4.04. The molecule has 7 heteroatoms. The molecule has 1 unspecified atom stereocenters. The van der Waals surface area contributed by atoms with Crippen molar-refractivity contribution in [3.8, 4) is 0 Å². The fraction of sp³-hybridized carbons (Fsp3) is 0.467. The molecule has 0 fully saturated rings. The largest absolute Gasteiger partial charge is 0.346 e. The van der Waals surface area contributed by atoms with Gasteiger partial charge in [-0.2, -0.15) is 5.10 Å². The average molecular weight is 311 g/mol. The highest BCUT2D eigenvalue weighted by Gasteiger charge is 2.27. The third kappa shape index (κ3) is 2.67. The summed E-state index contributed by atoms with van der Waals surface area (Å²) in [5.41, 5.74) is 0.0726. The van der Waals surface area contributed by atoms with Gasteiger partial charge in [0, 0.05) is 19.0 Å². The van der Waals surface area contributed by atoms with E-state index in [1.807, 2.05) is 0 Å². The van der Waals surface area contributed by atoms with Crippen LogP contribution in [-0.2, 0) is 13.0 Å². The highest BCUT2D eigenvalue weighted by molar-refractivity contribution is 5.23. The molecule has 0 bridgehead atoms. The zero-order valence-electron chi connectivity index (χ0n) is 11.9. The lowest BCUT2D eigenvalue weighted by Gasteiger charge is -2.24. The van der Waals surface area contributed by atoms with Crippen molar-refractivity contribution in [2.45, 2.75) is 38.3 Å². The molecule has 0 radical (unpaired) electrons. The number of fused-ring (bicyclic) bond motifs is 1. The van der Waals surface area contributed by atoms with E-state index >= 15 is 0 Å². The summed E-state index contributed by atoms with van der Waals surface area (Å²) < 4.78 is 41.9. The van der Waals surface area contributed by atoms with Crippen molar-refractivity contribution in [2.24, 2.45) is 0 Å². The molecule has 0 saturated carbocycles. The molecule has 1 aromatic heterocycles. The number of nitrogens with zero attached hydrogens (tertiary/aromatic N) is 3. The van der Waals surface area contributed by atoms with Crippen LogP contribution < -0.4 is 5.69 Å². The van der Waals surface area contributed by atoms with Gasteiger partial charge in [0.2, 0.25) is 0 Å². The van der Waals surface area contributed by atoms with Crippen LogP contribution in [0.15, 0.2) is 23.0 Å². The molecule has 1 aliphatic heterocycles. The minimum Gasteiger partial charge on any atom is -0.271 e. The molecule has 1 aromatic carbocycles. The number of hydrogen-bond donors (Lipinski definition) is 0. The maximum Gasteiger partial charge on any atom is 0.346 e. The molecule has 3 rings (SSSR count). The molecule has 22 heavy (non-hydrogen) atoms. The summed E-state index contributed by atoms with van der Waals surface area (Å²) >= 11 is 0. The Morgan fingerprint density at radius 2 is 1.95 bits per heavy atom. The van der Waals surface area contributed by atoms with Crippen LogP contribution in [0.4, 0.5) is 13.2 Å². The quantitative estimate of drug-likeness (QED) is 0.871. The molecule has 0 aliphatic carbocycles. The normalized spacial score (nSPS) is 17.5. The van der Waals surface area contributed by atoms with Gasteiger partial charge in [-0.25, -0.2) is 18.3 Å². The number of rotatable bonds is 4. The molecular formula is C15H16F3N3O. The van der Waals surface area contributed by atoms with Gasteiger partial charge in [0.15, 0.2) is 0 Å². The Morgan fingerprint density at radius 1 is 1.23 bits per heavy atom. The Balaban J connectivity index is 2.03. The predicted octanol–water partition coefficient (Wildman–Crippen LogP) is 2.61. The second-order valence-electron chi connectivity index (χ2n) is 5.45. The summed E-state index contributed by atoms with van der Waals surface area (Å²) in [6, 6.07) is 2.86. The summed E-state index contributed by atoms with van der Waals surface area (Å²) in [7, 11) is 0. The van der Waals surface area contributed by atoms with Crippen LogP contribution >= 0.6 is 0 Å². The van der Waals surface area contributed by atoms with E-state index in [2.05, 4.69) is 5.10 Å². The van der Waals surface area contributed by atoms with Crippen molar-refractivity contribution in [2.75, 3.05) is 6.67 Å². The van der Waals surface area contributed by atoms with E-state index in [-0.39, 0.29) is 18.7 Å². The molecule has 118 valence electrons. The van der Waals surface area contributed by atoms with Gasteiger partial charge in [-0.3, -0.25) is 8.96 Å². The number of aryl methyl sites for hydroxylation is 2. The minimum atomic E-state index is -0.667. The van der Waals surface area contributed by atoms with Gasteiger partial charge in [-0.05, 0) is 37.0 Å². The van der Waals surface area contributed by atoms with Gasteiger partial charge in [0.05, 0.1) is 12.7 Å². The summed E-state index contributed by atoms with van der Waals surface area (Å²) in [6.07, 6.45) is 2.24. The van der Waals surface area contributed by atoms with E-state index in [0.717, 1.165) is 12.5 Å². The lowest BCUT2D eigenvalue weighted by atomic mass is 9.97. The zero-order valence-corrected chi connectivity index (χ0v) is 11.9. The van der Waals surface area contributed by atoms with E-state index in [9.17, 15) is 18.0 Å². The van der Waals surface area contributed by atoms with Crippen molar-refractivity contribution < 1.29 is 13.2 Å². The third-order valence-electron chi connectivity index (χ3n) is 3.90. The predicted molar refractivity (Wildman–Crippen MR) is 74.5 cm³/mol. The monoisotopic (exact) mass is 311 g/mol. The van der Waals surface area contributed by atoms with Gasteiger partial charge < -0.3 is 0 Å². The van der Waals surface area contributed by atoms with Crippen molar-refractivity contribution in [3.63, 3.8) is 0 Å². The first-order valence-electron chi connectivity index (χ1n) is 7.30. The summed E-state index contributed by atoms with van der Waals surface area (Å²) in [4.78, 5) is 12.4. The molecule has 2 heterocycles. The van der Waals surface area contributed by atoms with E-state index in [1.54, 1.807) is 0 Å². The Bertz CT molecular complexity index is 718. The lowest BCUT2D eigenvalue weighted by Crippen LogP contribution is -2.31. The molecule has 0 spiro atoms. The third-order valence-corrected chi connectivity index (χ3v) is 3.90. The molecule has 1 atom stereocenters. The van der Waals surface area contributed by atoms with Gasteiger partial charge in [0.25, 0.3) is 0 Å². The van der Waals surface area contributed by atoms with Crippen LogP contribution in [0.1, 0.15) is 36.7 Å². The number of halogens is 3. The first kappa shape index (κ1) is 14.9. The van der Waals surface area contributed by atoms with Crippen molar-refractivity contribution >= 4 is 0 Å². The van der Waals surface area contributed by atoms with Crippen molar-refractivity contribution in [3.05, 3.63) is 51.7 Å². The summed E-state index contributed by atoms with van der Waals surface area (Å²) in [5, 5.41) is 4.22. The standard InChI is InChI=1S/C15H16F3N3O/c16-5-2-6-20-15(22)21-13(3-1-4-14(21)19-20)10-7-11(17)9-12(18)8-10/h7-9,13H,1-6H2. The van der Waals surface area contributed by atoms with Crippen LogP contribution in [0.2, 0.25) is 0 Å². The van der Waals surface area contributed by atoms with Crippen LogP contribution in [0.25, 0.3) is 0 Å². The van der Waals surface area contributed by atoms with Crippen LogP contribution in [0.5, 0.6) is 0 Å². The van der Waals surface area contributed by atoms with Crippen LogP contribution in [-0.4, -0.2) is 21.0 Å². The maximum absolute atomic E-state index is 13.4. The molecule has 4 nitrogen and oxygen atoms in total. The molecule has 2 aromatic rings. The van der Waals surface area contributed by atoms with E-state index in [1.165, 1.54) is 21.4 Å². The van der Waals surface area contributed by atoms with Crippen molar-refractivity contribution in [1.29, 1.82) is 0 Å². The Labute approximate surface area is 125 Å². The van der Waals surface area contributed by atoms with Gasteiger partial charge in [0.1, 0.15) is 17.5 Å². The number of alkyl halides is 1. The number of benzene rings is 1. The minimum absolute atomic E-state index is 0.208. The second kappa shape index (κ2) is 5.98. The molecule has 0 amide bonds. The average Bonchev–Trinajstić information content (AvgIpc) is 2.81. The van der Waals surface area contributed by atoms with Crippen molar-refractivity contribution in [1.82, 2.24) is 14.3 Å². The molecule has 1 aliphatic rings. The van der Waals surface area contributed by atoms with E-state index in [4.69, 9.17) is 0 Å². The zero-order chi connectivity index (χ0) is 15.7. The molecule has 0 N–H and O–H groups in total. The lowest BCUT2D eigenvalue weighted by molar-refractivity contribution is 0.422. The maximum atomic E-state index is 13.4. The first-order chi connectivity index (χ1) is 10.6. The Morgan fingerprint density at radius 3 is 2.64 bits per heavy atom. The SMILES string of the molecule is O=c1n(CCCF)nc2n1C(c1cc(F)cc(F)c1)CCC2. The second-order valence-corrected chi connectivity index (χ2v) is 5.45. The topological polar surface area (TPSA) is 39.8 Å². The van der Waals surface area contributed by atoms with E-state index < -0.39 is 24.4 Å². The van der Waals surface area contributed by atoms with Gasteiger partial charge in [-0.1, -0.05) is 0 Å². The fourth-order valence-corrected chi connectivity index (χ4v) is 2.97. The summed E-state index contributed by atoms with van der Waals surface area (Å²) in [6.45, 7) is -0.313. The van der Waals surface area contributed by atoms with Crippen LogP contribution in [0, 0.1) is 11.6 Å². The smallest absolute Gasteiger partial charge is 0.271 e. The number of hydrogen-bond acceptors (Lipinski definition) is 2. The Hall–Kier alpha value is -2.05. The molecular weight excluding hydrogens is 295 g/mol. The van der Waals surface area contributed by atoms with Gasteiger partial charge in [-0.15, -0.1) is 0 Å². The highest BCUT2D eigenvalue weighted by atomic mass is 19.1. The number of aromatic nitrogens is 3. The van der Waals surface area contributed by atoms with E-state index in [0.29, 0.717) is 24.2 Å². The fourth-order valence-electron chi connectivity index (χ4n) is 2.97. The highest BCUT2D eigenvalue weighted by Crippen LogP contribution is 2.29. The van der Waals surface area contributed by atoms with Crippen LogP contribution in [0.3, 0.4) is 0 Å². The first-order valence-corrected chi connectivity index (χ1v) is 7.30. The molecule has 0 saturated heterocycles. The van der Waals surface area contributed by atoms with Gasteiger partial charge >= 0.3 is 5.69 Å². The summed E-state index contributed by atoms with van der Waals surface area (Å²) in [5.74, 6) is -0.746.